The van der Waals surface area contributed by atoms with Gasteiger partial charge in [0.25, 0.3) is 5.91 Å². The van der Waals surface area contributed by atoms with E-state index in [1.54, 1.807) is 30.5 Å². The molecule has 0 fully saturated rings. The second-order valence-corrected chi connectivity index (χ2v) is 10.5. The number of aromatic nitrogens is 3. The number of anilines is 2. The molecular formula is C30H27ClF2N6O4. The lowest BCUT2D eigenvalue weighted by atomic mass is 9.95. The van der Waals surface area contributed by atoms with E-state index in [1.165, 1.54) is 13.3 Å². The minimum absolute atomic E-state index is 0.0650. The van der Waals surface area contributed by atoms with Crippen molar-refractivity contribution in [3.63, 3.8) is 0 Å². The van der Waals surface area contributed by atoms with E-state index in [0.717, 1.165) is 23.0 Å². The van der Waals surface area contributed by atoms with Crippen LogP contribution in [0, 0.1) is 17.6 Å². The lowest BCUT2D eigenvalue weighted by Crippen LogP contribution is -2.30. The number of carbonyl (C=O) groups is 3. The summed E-state index contributed by atoms with van der Waals surface area (Å²) in [5.41, 5.74) is 2.36. The van der Waals surface area contributed by atoms with Crippen molar-refractivity contribution >= 4 is 40.9 Å². The van der Waals surface area contributed by atoms with Crippen LogP contribution in [0.1, 0.15) is 48.4 Å². The van der Waals surface area contributed by atoms with Crippen molar-refractivity contribution in [2.45, 2.75) is 32.2 Å². The van der Waals surface area contributed by atoms with Gasteiger partial charge in [0.2, 0.25) is 5.91 Å². The first-order valence-electron chi connectivity index (χ1n) is 13.4. The number of fused-ring (bicyclic) bond motifs is 4. The van der Waals surface area contributed by atoms with Gasteiger partial charge in [0.05, 0.1) is 29.6 Å². The molecule has 2 aromatic carbocycles. The van der Waals surface area contributed by atoms with Gasteiger partial charge in [0, 0.05) is 29.6 Å². The van der Waals surface area contributed by atoms with Crippen molar-refractivity contribution in [2.75, 3.05) is 17.7 Å². The Morgan fingerprint density at radius 2 is 1.93 bits per heavy atom. The number of amides is 3. The van der Waals surface area contributed by atoms with Crippen LogP contribution >= 0.6 is 11.6 Å². The third-order valence-electron chi connectivity index (χ3n) is 7.13. The van der Waals surface area contributed by atoms with Gasteiger partial charge in [-0.3, -0.25) is 19.9 Å². The van der Waals surface area contributed by atoms with Gasteiger partial charge in [0.1, 0.15) is 23.5 Å². The highest BCUT2D eigenvalue weighted by molar-refractivity contribution is 6.30. The molecule has 3 amide bonds. The van der Waals surface area contributed by atoms with Gasteiger partial charge >= 0.3 is 6.09 Å². The van der Waals surface area contributed by atoms with Crippen molar-refractivity contribution in [3.05, 3.63) is 89.2 Å². The molecule has 1 aliphatic rings. The Hall–Kier alpha value is -4.84. The van der Waals surface area contributed by atoms with Crippen molar-refractivity contribution < 1.29 is 27.9 Å². The molecule has 3 N–H and O–H groups in total. The second kappa shape index (κ2) is 12.6. The highest BCUT2D eigenvalue weighted by Gasteiger charge is 2.24. The molecular weight excluding hydrogens is 582 g/mol. The van der Waals surface area contributed by atoms with Gasteiger partial charge in [-0.2, -0.15) is 0 Å². The third-order valence-corrected chi connectivity index (χ3v) is 7.43. The quantitative estimate of drug-likeness (QED) is 0.234. The first kappa shape index (κ1) is 29.6. The summed E-state index contributed by atoms with van der Waals surface area (Å²) in [5, 5.41) is 8.23. The zero-order valence-corrected chi connectivity index (χ0v) is 23.9. The van der Waals surface area contributed by atoms with Gasteiger partial charge in [-0.1, -0.05) is 31.0 Å². The molecule has 2 atom stereocenters. The number of nitrogens with zero attached hydrogens (tertiary/aromatic N) is 3. The number of imidazole rings is 1. The Bertz CT molecular complexity index is 1710. The lowest BCUT2D eigenvalue weighted by molar-refractivity contribution is -0.119. The molecule has 0 saturated carbocycles. The van der Waals surface area contributed by atoms with E-state index in [2.05, 4.69) is 30.7 Å². The molecule has 1 aliphatic heterocycles. The number of ether oxygens (including phenoxy) is 1. The summed E-state index contributed by atoms with van der Waals surface area (Å²) in [7, 11) is 1.25. The van der Waals surface area contributed by atoms with Gasteiger partial charge < -0.3 is 19.9 Å². The molecule has 5 rings (SSSR count). The highest BCUT2D eigenvalue weighted by atomic mass is 35.5. The lowest BCUT2D eigenvalue weighted by Gasteiger charge is -2.22. The summed E-state index contributed by atoms with van der Waals surface area (Å²) < 4.78 is 34.7. The number of nitrogens with one attached hydrogen (secondary N) is 3. The number of hydrogen-bond acceptors (Lipinski definition) is 6. The van der Waals surface area contributed by atoms with Crippen LogP contribution in [0.5, 0.6) is 0 Å². The van der Waals surface area contributed by atoms with E-state index in [-0.39, 0.29) is 22.5 Å². The summed E-state index contributed by atoms with van der Waals surface area (Å²) in [6, 6.07) is 10.2. The molecule has 0 radical (unpaired) electrons. The molecule has 3 heterocycles. The Kier molecular flexibility index (Phi) is 8.67. The van der Waals surface area contributed by atoms with Crippen LogP contribution in [0.4, 0.5) is 25.0 Å². The van der Waals surface area contributed by atoms with Crippen molar-refractivity contribution in [3.8, 4) is 16.8 Å². The summed E-state index contributed by atoms with van der Waals surface area (Å²) in [5.74, 6) is -2.96. The zero-order chi connectivity index (χ0) is 30.7. The van der Waals surface area contributed by atoms with Crippen LogP contribution < -0.4 is 16.0 Å². The number of carbonyl (C=O) groups excluding carboxylic acids is 3. The molecule has 2 bridgehead atoms. The molecule has 10 nitrogen and oxygen atoms in total. The molecule has 43 heavy (non-hydrogen) atoms. The summed E-state index contributed by atoms with van der Waals surface area (Å²) in [4.78, 5) is 46.7. The Morgan fingerprint density at radius 3 is 2.72 bits per heavy atom. The van der Waals surface area contributed by atoms with Gasteiger partial charge in [0.15, 0.2) is 5.82 Å². The summed E-state index contributed by atoms with van der Waals surface area (Å²) >= 11 is 5.82. The van der Waals surface area contributed by atoms with Crippen LogP contribution in [0.15, 0.2) is 61.2 Å². The maximum Gasteiger partial charge on any atom is 0.411 e. The van der Waals surface area contributed by atoms with Crippen LogP contribution in [0.25, 0.3) is 16.8 Å². The largest absolute Gasteiger partial charge is 0.453 e. The SMILES string of the molecule is COC(=O)Nc1ccc2c(c1)NC(=O)[C@H](C)CCC[C@H](NC(=O)c1cn(-c3c(F)ccc(Cl)c3F)cn1)c1cc-2ccn1. The zero-order valence-electron chi connectivity index (χ0n) is 23.2. The van der Waals surface area contributed by atoms with Crippen LogP contribution in [0.3, 0.4) is 0 Å². The van der Waals surface area contributed by atoms with E-state index in [1.807, 2.05) is 13.0 Å². The average Bonchev–Trinajstić information content (AvgIpc) is 3.48. The number of pyridine rings is 1. The fraction of sp³-hybridized carbons (Fsp3) is 0.233. The third kappa shape index (κ3) is 6.49. The highest BCUT2D eigenvalue weighted by Crippen LogP contribution is 2.34. The number of methoxy groups -OCH3 is 1. The standard InChI is InChI=1S/C30H27ClF2N6O4/c1-16-4-3-5-22(37-29(41)25-14-39(15-35-25)27-21(32)9-8-20(31)26(27)33)24-12-17(10-11-34-24)19-7-6-18(36-30(42)43-2)13-23(19)38-28(16)40/h6-16,22H,3-5H2,1-2H3,(H,36,42)(H,37,41)(H,38,40)/t16-,22+/m1/s1. The summed E-state index contributed by atoms with van der Waals surface area (Å²) in [6.45, 7) is 1.81. The van der Waals surface area contributed by atoms with Gasteiger partial charge in [-0.25, -0.2) is 18.6 Å². The van der Waals surface area contributed by atoms with E-state index in [9.17, 15) is 23.2 Å². The molecule has 0 spiro atoms. The first-order valence-corrected chi connectivity index (χ1v) is 13.8. The minimum atomic E-state index is -0.974. The maximum absolute atomic E-state index is 14.5. The molecule has 0 unspecified atom stereocenters. The van der Waals surface area contributed by atoms with E-state index >= 15 is 0 Å². The van der Waals surface area contributed by atoms with Crippen molar-refractivity contribution in [2.24, 2.45) is 5.92 Å². The molecule has 13 heteroatoms. The predicted molar refractivity (Wildman–Crippen MR) is 156 cm³/mol. The number of rotatable bonds is 4. The van der Waals surface area contributed by atoms with Crippen molar-refractivity contribution in [1.82, 2.24) is 19.9 Å². The van der Waals surface area contributed by atoms with E-state index in [4.69, 9.17) is 11.6 Å². The average molecular weight is 609 g/mol. The van der Waals surface area contributed by atoms with Gasteiger partial charge in [-0.05, 0) is 54.8 Å². The minimum Gasteiger partial charge on any atom is -0.453 e. The number of halogens is 3. The Balaban J connectivity index is 1.46. The van der Waals surface area contributed by atoms with Crippen LogP contribution in [-0.4, -0.2) is 39.6 Å². The second-order valence-electron chi connectivity index (χ2n) is 10.1. The molecule has 4 aromatic rings. The number of benzene rings is 2. The monoisotopic (exact) mass is 608 g/mol. The smallest absolute Gasteiger partial charge is 0.411 e. The normalized spacial score (nSPS) is 16.6. The first-order chi connectivity index (χ1) is 20.6. The topological polar surface area (TPSA) is 127 Å². The summed E-state index contributed by atoms with van der Waals surface area (Å²) in [6.07, 6.45) is 4.87. The van der Waals surface area contributed by atoms with Crippen LogP contribution in [0.2, 0.25) is 5.02 Å². The fourth-order valence-electron chi connectivity index (χ4n) is 4.81. The van der Waals surface area contributed by atoms with Crippen LogP contribution in [-0.2, 0) is 9.53 Å². The molecule has 0 aliphatic carbocycles. The Labute approximate surface area is 250 Å². The predicted octanol–water partition coefficient (Wildman–Crippen LogP) is 6.27. The fourth-order valence-corrected chi connectivity index (χ4v) is 4.96. The van der Waals surface area contributed by atoms with E-state index < -0.39 is 35.4 Å². The van der Waals surface area contributed by atoms with E-state index in [0.29, 0.717) is 47.5 Å². The Morgan fingerprint density at radius 1 is 1.12 bits per heavy atom. The van der Waals surface area contributed by atoms with Gasteiger partial charge in [-0.15, -0.1) is 0 Å². The molecule has 222 valence electrons. The number of hydrogen-bond donors (Lipinski definition) is 3. The maximum atomic E-state index is 14.5. The van der Waals surface area contributed by atoms with Crippen molar-refractivity contribution in [1.29, 1.82) is 0 Å². The molecule has 0 saturated heterocycles. The molecule has 2 aromatic heterocycles.